The van der Waals surface area contributed by atoms with Gasteiger partial charge in [0.2, 0.25) is 0 Å². The minimum absolute atomic E-state index is 0.0288. The Morgan fingerprint density at radius 1 is 1.10 bits per heavy atom. The average Bonchev–Trinajstić information content (AvgIpc) is 2.97. The number of benzene rings is 1. The Morgan fingerprint density at radius 3 is 2.55 bits per heavy atom. The molecule has 0 amide bonds. The van der Waals surface area contributed by atoms with Crippen LogP contribution >= 0.6 is 0 Å². The van der Waals surface area contributed by atoms with E-state index in [1.54, 1.807) is 16.8 Å². The van der Waals surface area contributed by atoms with Crippen LogP contribution in [-0.2, 0) is 6.54 Å². The van der Waals surface area contributed by atoms with Crippen LogP contribution in [0.2, 0.25) is 0 Å². The minimum atomic E-state index is 0.0288. The molecule has 3 aromatic rings. The van der Waals surface area contributed by atoms with Crippen LogP contribution in [-0.4, -0.2) is 14.3 Å². The van der Waals surface area contributed by atoms with Crippen LogP contribution in [0.3, 0.4) is 0 Å². The summed E-state index contributed by atoms with van der Waals surface area (Å²) in [5, 5.41) is 4.19. The Balaban J connectivity index is 1.83. The molecule has 100 valence electrons. The van der Waals surface area contributed by atoms with Crippen LogP contribution in [0.4, 0.5) is 0 Å². The second-order valence-corrected chi connectivity index (χ2v) is 4.79. The van der Waals surface area contributed by atoms with E-state index in [0.29, 0.717) is 6.54 Å². The van der Waals surface area contributed by atoms with Crippen molar-refractivity contribution in [2.45, 2.75) is 13.5 Å². The van der Waals surface area contributed by atoms with E-state index in [-0.39, 0.29) is 5.56 Å². The van der Waals surface area contributed by atoms with Crippen molar-refractivity contribution in [2.75, 3.05) is 0 Å². The lowest BCUT2D eigenvalue weighted by molar-refractivity contribution is 0.756. The first-order valence-corrected chi connectivity index (χ1v) is 6.48. The van der Waals surface area contributed by atoms with Crippen LogP contribution in [0.15, 0.2) is 65.8 Å². The van der Waals surface area contributed by atoms with Gasteiger partial charge in [-0.25, -0.2) is 4.68 Å². The first-order chi connectivity index (χ1) is 9.72. The highest BCUT2D eigenvalue weighted by molar-refractivity contribution is 5.33. The summed E-state index contributed by atoms with van der Waals surface area (Å²) < 4.78 is 3.51. The molecule has 0 bridgehead atoms. The molecule has 0 saturated heterocycles. The van der Waals surface area contributed by atoms with Gasteiger partial charge in [0.25, 0.3) is 5.56 Å². The van der Waals surface area contributed by atoms with Crippen molar-refractivity contribution in [3.63, 3.8) is 0 Å². The molecular formula is C16H15N3O. The second-order valence-electron chi connectivity index (χ2n) is 4.79. The molecule has 0 aliphatic carbocycles. The Kier molecular flexibility index (Phi) is 3.21. The number of aryl methyl sites for hydroxylation is 1. The quantitative estimate of drug-likeness (QED) is 0.729. The summed E-state index contributed by atoms with van der Waals surface area (Å²) in [6.07, 6.45) is 5.48. The summed E-state index contributed by atoms with van der Waals surface area (Å²) in [5.41, 5.74) is 3.11. The van der Waals surface area contributed by atoms with E-state index in [1.807, 2.05) is 60.4 Å². The smallest absolute Gasteiger partial charge is 0.251 e. The van der Waals surface area contributed by atoms with Gasteiger partial charge in [-0.3, -0.25) is 4.79 Å². The third-order valence-corrected chi connectivity index (χ3v) is 3.21. The van der Waals surface area contributed by atoms with Gasteiger partial charge in [0, 0.05) is 24.7 Å². The molecule has 3 rings (SSSR count). The van der Waals surface area contributed by atoms with Gasteiger partial charge >= 0.3 is 0 Å². The Labute approximate surface area is 116 Å². The number of hydrogen-bond donors (Lipinski definition) is 0. The fraction of sp³-hybridized carbons (Fsp3) is 0.125. The van der Waals surface area contributed by atoms with Gasteiger partial charge < -0.3 is 4.57 Å². The SMILES string of the molecule is Cc1ccn(Cc2ccc(-n3cccn3)cc2)c(=O)c1. The van der Waals surface area contributed by atoms with Crippen LogP contribution in [0, 0.1) is 6.92 Å². The predicted molar refractivity (Wildman–Crippen MR) is 78.1 cm³/mol. The molecule has 0 spiro atoms. The summed E-state index contributed by atoms with van der Waals surface area (Å²) >= 11 is 0. The van der Waals surface area contributed by atoms with E-state index >= 15 is 0 Å². The highest BCUT2D eigenvalue weighted by atomic mass is 16.1. The van der Waals surface area contributed by atoms with Gasteiger partial charge in [-0.05, 0) is 42.3 Å². The first kappa shape index (κ1) is 12.4. The second kappa shape index (κ2) is 5.17. The Morgan fingerprint density at radius 2 is 1.90 bits per heavy atom. The van der Waals surface area contributed by atoms with Gasteiger partial charge in [-0.15, -0.1) is 0 Å². The van der Waals surface area contributed by atoms with Crippen molar-refractivity contribution < 1.29 is 0 Å². The first-order valence-electron chi connectivity index (χ1n) is 6.48. The standard InChI is InChI=1S/C16H15N3O/c1-13-7-10-18(16(20)11-13)12-14-3-5-15(6-4-14)19-9-2-8-17-19/h2-11H,12H2,1H3. The molecule has 2 heterocycles. The van der Waals surface area contributed by atoms with Crippen LogP contribution in [0.5, 0.6) is 0 Å². The maximum atomic E-state index is 11.8. The molecule has 4 nitrogen and oxygen atoms in total. The van der Waals surface area contributed by atoms with Crippen molar-refractivity contribution in [3.8, 4) is 5.69 Å². The van der Waals surface area contributed by atoms with Gasteiger partial charge in [0.15, 0.2) is 0 Å². The lowest BCUT2D eigenvalue weighted by atomic mass is 10.2. The molecule has 0 aliphatic rings. The largest absolute Gasteiger partial charge is 0.311 e. The normalized spacial score (nSPS) is 10.7. The third-order valence-electron chi connectivity index (χ3n) is 3.21. The van der Waals surface area contributed by atoms with Gasteiger partial charge in [0.1, 0.15) is 0 Å². The van der Waals surface area contributed by atoms with Crippen LogP contribution in [0.1, 0.15) is 11.1 Å². The maximum Gasteiger partial charge on any atom is 0.251 e. The third kappa shape index (κ3) is 2.54. The zero-order chi connectivity index (χ0) is 13.9. The van der Waals surface area contributed by atoms with E-state index in [0.717, 1.165) is 16.8 Å². The summed E-state index contributed by atoms with van der Waals surface area (Å²) in [6, 6.07) is 13.5. The average molecular weight is 265 g/mol. The molecule has 0 atom stereocenters. The summed E-state index contributed by atoms with van der Waals surface area (Å²) in [4.78, 5) is 11.8. The monoisotopic (exact) mass is 265 g/mol. The van der Waals surface area contributed by atoms with E-state index in [9.17, 15) is 4.79 Å². The number of aromatic nitrogens is 3. The van der Waals surface area contributed by atoms with E-state index < -0.39 is 0 Å². The molecule has 0 saturated carbocycles. The lowest BCUT2D eigenvalue weighted by Gasteiger charge is -2.07. The van der Waals surface area contributed by atoms with E-state index in [1.165, 1.54) is 0 Å². The van der Waals surface area contributed by atoms with Crippen LogP contribution in [0.25, 0.3) is 5.69 Å². The van der Waals surface area contributed by atoms with Crippen LogP contribution < -0.4 is 5.56 Å². The molecule has 20 heavy (non-hydrogen) atoms. The molecule has 0 radical (unpaired) electrons. The summed E-state index contributed by atoms with van der Waals surface area (Å²) in [7, 11) is 0. The zero-order valence-corrected chi connectivity index (χ0v) is 11.2. The lowest BCUT2D eigenvalue weighted by Crippen LogP contribution is -2.19. The highest BCUT2D eigenvalue weighted by Gasteiger charge is 2.00. The fourth-order valence-corrected chi connectivity index (χ4v) is 2.11. The van der Waals surface area contributed by atoms with Crippen molar-refractivity contribution in [2.24, 2.45) is 0 Å². The topological polar surface area (TPSA) is 39.8 Å². The Bertz CT molecular complexity index is 755. The van der Waals surface area contributed by atoms with E-state index in [2.05, 4.69) is 5.10 Å². The number of pyridine rings is 1. The van der Waals surface area contributed by atoms with E-state index in [4.69, 9.17) is 0 Å². The fourth-order valence-electron chi connectivity index (χ4n) is 2.11. The van der Waals surface area contributed by atoms with Crippen molar-refractivity contribution in [3.05, 3.63) is 82.5 Å². The molecule has 4 heteroatoms. The summed E-state index contributed by atoms with van der Waals surface area (Å²) in [5.74, 6) is 0. The molecular weight excluding hydrogens is 250 g/mol. The number of rotatable bonds is 3. The summed E-state index contributed by atoms with van der Waals surface area (Å²) in [6.45, 7) is 2.50. The molecule has 1 aromatic carbocycles. The van der Waals surface area contributed by atoms with Crippen molar-refractivity contribution in [1.82, 2.24) is 14.3 Å². The molecule has 0 fully saturated rings. The van der Waals surface area contributed by atoms with Gasteiger partial charge in [-0.2, -0.15) is 5.10 Å². The molecule has 2 aromatic heterocycles. The predicted octanol–water partition coefficient (Wildman–Crippen LogP) is 2.39. The minimum Gasteiger partial charge on any atom is -0.311 e. The molecule has 0 aliphatic heterocycles. The number of nitrogens with zero attached hydrogens (tertiary/aromatic N) is 3. The van der Waals surface area contributed by atoms with Crippen molar-refractivity contribution >= 4 is 0 Å². The van der Waals surface area contributed by atoms with Gasteiger partial charge in [0.05, 0.1) is 12.2 Å². The Hall–Kier alpha value is -2.62. The van der Waals surface area contributed by atoms with Crippen molar-refractivity contribution in [1.29, 1.82) is 0 Å². The maximum absolute atomic E-state index is 11.8. The molecule has 0 unspecified atom stereocenters. The number of hydrogen-bond acceptors (Lipinski definition) is 2. The zero-order valence-electron chi connectivity index (χ0n) is 11.2. The molecule has 0 N–H and O–H groups in total. The van der Waals surface area contributed by atoms with Gasteiger partial charge in [-0.1, -0.05) is 12.1 Å². The highest BCUT2D eigenvalue weighted by Crippen LogP contribution is 2.09.